The molecule has 0 saturated heterocycles. The van der Waals surface area contributed by atoms with Gasteiger partial charge in [-0.15, -0.1) is 0 Å². The van der Waals surface area contributed by atoms with Crippen molar-refractivity contribution in [1.29, 1.82) is 0 Å². The van der Waals surface area contributed by atoms with E-state index in [1.807, 2.05) is 30.3 Å². The molecule has 1 N–H and O–H groups in total. The van der Waals surface area contributed by atoms with E-state index in [1.165, 1.54) is 11.1 Å². The number of hydrogen-bond acceptors (Lipinski definition) is 4. The van der Waals surface area contributed by atoms with Crippen molar-refractivity contribution in [3.05, 3.63) is 41.9 Å². The molecule has 0 amide bonds. The Bertz CT molecular complexity index is 520. The molecule has 2 rings (SSSR count). The number of rotatable bonds is 6. The van der Waals surface area contributed by atoms with Crippen LogP contribution >= 0.6 is 0 Å². The fraction of sp³-hybridized carbons (Fsp3) is 0.429. The third kappa shape index (κ3) is 4.06. The van der Waals surface area contributed by atoms with Crippen LogP contribution in [0, 0.1) is 0 Å². The third-order valence-electron chi connectivity index (χ3n) is 2.85. The van der Waals surface area contributed by atoms with Gasteiger partial charge in [0.15, 0.2) is 0 Å². The molecule has 2 aromatic heterocycles. The van der Waals surface area contributed by atoms with Crippen molar-refractivity contribution < 1.29 is 0 Å². The highest BCUT2D eigenvalue weighted by molar-refractivity contribution is 5.37. The zero-order valence-corrected chi connectivity index (χ0v) is 11.8. The van der Waals surface area contributed by atoms with Crippen LogP contribution in [0.1, 0.15) is 18.1 Å². The summed E-state index contributed by atoms with van der Waals surface area (Å²) >= 11 is 0. The van der Waals surface area contributed by atoms with Crippen LogP contribution in [0.5, 0.6) is 0 Å². The lowest BCUT2D eigenvalue weighted by Crippen LogP contribution is -2.17. The molecule has 5 heteroatoms. The molecule has 0 spiro atoms. The summed E-state index contributed by atoms with van der Waals surface area (Å²) in [5.41, 5.74) is 2.49. The molecule has 0 fully saturated rings. The summed E-state index contributed by atoms with van der Waals surface area (Å²) in [6, 6.07) is 4.16. The van der Waals surface area contributed by atoms with Crippen molar-refractivity contribution in [1.82, 2.24) is 19.7 Å². The molecular formula is C14H21N5. The van der Waals surface area contributed by atoms with Crippen molar-refractivity contribution >= 4 is 5.82 Å². The van der Waals surface area contributed by atoms with Crippen molar-refractivity contribution in [2.75, 3.05) is 18.9 Å². The summed E-state index contributed by atoms with van der Waals surface area (Å²) in [6.45, 7) is 4.76. The number of pyridine rings is 1. The lowest BCUT2D eigenvalue weighted by Gasteiger charge is -2.16. The second kappa shape index (κ2) is 6.33. The maximum absolute atomic E-state index is 4.28. The second-order valence-corrected chi connectivity index (χ2v) is 4.77. The van der Waals surface area contributed by atoms with Gasteiger partial charge in [-0.1, -0.05) is 0 Å². The molecule has 0 aromatic carbocycles. The van der Waals surface area contributed by atoms with Crippen LogP contribution in [0.2, 0.25) is 0 Å². The molecule has 0 aliphatic heterocycles. The van der Waals surface area contributed by atoms with Crippen LogP contribution in [0.3, 0.4) is 0 Å². The maximum atomic E-state index is 4.28. The molecule has 19 heavy (non-hydrogen) atoms. The summed E-state index contributed by atoms with van der Waals surface area (Å²) < 4.78 is 1.83. The average Bonchev–Trinajstić information content (AvgIpc) is 2.75. The van der Waals surface area contributed by atoms with Gasteiger partial charge >= 0.3 is 0 Å². The molecule has 0 radical (unpaired) electrons. The first kappa shape index (κ1) is 13.5. The summed E-state index contributed by atoms with van der Waals surface area (Å²) in [4.78, 5) is 6.55. The van der Waals surface area contributed by atoms with E-state index in [9.17, 15) is 0 Å². The van der Waals surface area contributed by atoms with Gasteiger partial charge in [0.05, 0.1) is 6.20 Å². The highest BCUT2D eigenvalue weighted by Crippen LogP contribution is 2.10. The van der Waals surface area contributed by atoms with E-state index in [0.717, 1.165) is 25.5 Å². The molecular weight excluding hydrogens is 238 g/mol. The molecule has 0 atom stereocenters. The van der Waals surface area contributed by atoms with E-state index in [-0.39, 0.29) is 0 Å². The molecule has 102 valence electrons. The minimum Gasteiger partial charge on any atom is -0.370 e. The zero-order chi connectivity index (χ0) is 13.7. The van der Waals surface area contributed by atoms with Gasteiger partial charge in [0.25, 0.3) is 0 Å². The Hall–Kier alpha value is -1.88. The van der Waals surface area contributed by atoms with Crippen molar-refractivity contribution in [2.24, 2.45) is 7.05 Å². The average molecular weight is 259 g/mol. The SMILES string of the molecule is CCNc1cc(CN(C)Cc2cnn(C)c2)ccn1. The monoisotopic (exact) mass is 259 g/mol. The predicted octanol–water partition coefficient (Wildman–Crippen LogP) is 1.88. The van der Waals surface area contributed by atoms with E-state index in [1.54, 1.807) is 0 Å². The Morgan fingerprint density at radius 3 is 2.79 bits per heavy atom. The second-order valence-electron chi connectivity index (χ2n) is 4.77. The normalized spacial score (nSPS) is 10.9. The first-order valence-corrected chi connectivity index (χ1v) is 6.52. The van der Waals surface area contributed by atoms with E-state index in [2.05, 4.69) is 46.4 Å². The standard InChI is InChI=1S/C14H21N5/c1-4-15-14-7-12(5-6-16-14)9-18(2)10-13-8-17-19(3)11-13/h5-8,11H,4,9-10H2,1-3H3,(H,15,16). The number of nitrogens with zero attached hydrogens (tertiary/aromatic N) is 4. The van der Waals surface area contributed by atoms with Crippen molar-refractivity contribution in [2.45, 2.75) is 20.0 Å². The molecule has 0 bridgehead atoms. The zero-order valence-electron chi connectivity index (χ0n) is 11.8. The van der Waals surface area contributed by atoms with Crippen LogP contribution in [0.25, 0.3) is 0 Å². The van der Waals surface area contributed by atoms with Gasteiger partial charge in [-0.3, -0.25) is 9.58 Å². The highest BCUT2D eigenvalue weighted by Gasteiger charge is 2.04. The van der Waals surface area contributed by atoms with E-state index >= 15 is 0 Å². The van der Waals surface area contributed by atoms with Gasteiger partial charge in [0.2, 0.25) is 0 Å². The Balaban J connectivity index is 1.94. The van der Waals surface area contributed by atoms with Gasteiger partial charge in [-0.05, 0) is 31.7 Å². The Morgan fingerprint density at radius 1 is 1.32 bits per heavy atom. The summed E-state index contributed by atoms with van der Waals surface area (Å²) in [5, 5.41) is 7.42. The van der Waals surface area contributed by atoms with Crippen molar-refractivity contribution in [3.8, 4) is 0 Å². The first-order chi connectivity index (χ1) is 9.17. The minimum atomic E-state index is 0.891. The number of aromatic nitrogens is 3. The maximum Gasteiger partial charge on any atom is 0.126 e. The number of aryl methyl sites for hydroxylation is 1. The van der Waals surface area contributed by atoms with Gasteiger partial charge < -0.3 is 5.32 Å². The molecule has 2 aromatic rings. The van der Waals surface area contributed by atoms with Gasteiger partial charge in [0, 0.05) is 44.6 Å². The van der Waals surface area contributed by atoms with Gasteiger partial charge in [-0.25, -0.2) is 4.98 Å². The fourth-order valence-electron chi connectivity index (χ4n) is 2.08. The molecule has 5 nitrogen and oxygen atoms in total. The molecule has 0 aliphatic rings. The topological polar surface area (TPSA) is 46.0 Å². The Labute approximate surface area is 114 Å². The fourth-order valence-corrected chi connectivity index (χ4v) is 2.08. The van der Waals surface area contributed by atoms with Crippen molar-refractivity contribution in [3.63, 3.8) is 0 Å². The number of hydrogen-bond donors (Lipinski definition) is 1. The van der Waals surface area contributed by atoms with Crippen LogP contribution < -0.4 is 5.32 Å². The van der Waals surface area contributed by atoms with E-state index in [4.69, 9.17) is 0 Å². The van der Waals surface area contributed by atoms with Crippen LogP contribution in [0.15, 0.2) is 30.7 Å². The highest BCUT2D eigenvalue weighted by atomic mass is 15.2. The number of nitrogens with one attached hydrogen (secondary N) is 1. The molecule has 2 heterocycles. The summed E-state index contributed by atoms with van der Waals surface area (Å²) in [7, 11) is 4.05. The third-order valence-corrected chi connectivity index (χ3v) is 2.85. The molecule has 0 unspecified atom stereocenters. The summed E-state index contributed by atoms with van der Waals surface area (Å²) in [5.74, 6) is 0.940. The Morgan fingerprint density at radius 2 is 2.11 bits per heavy atom. The minimum absolute atomic E-state index is 0.891. The van der Waals surface area contributed by atoms with Crippen LogP contribution in [0.4, 0.5) is 5.82 Å². The lowest BCUT2D eigenvalue weighted by atomic mass is 10.2. The van der Waals surface area contributed by atoms with E-state index in [0.29, 0.717) is 0 Å². The molecule has 0 aliphatic carbocycles. The predicted molar refractivity (Wildman–Crippen MR) is 76.8 cm³/mol. The van der Waals surface area contributed by atoms with Crippen LogP contribution in [-0.4, -0.2) is 33.3 Å². The number of anilines is 1. The molecule has 0 saturated carbocycles. The quantitative estimate of drug-likeness (QED) is 0.860. The lowest BCUT2D eigenvalue weighted by molar-refractivity contribution is 0.319. The largest absolute Gasteiger partial charge is 0.370 e. The van der Waals surface area contributed by atoms with E-state index < -0.39 is 0 Å². The first-order valence-electron chi connectivity index (χ1n) is 6.52. The van der Waals surface area contributed by atoms with Gasteiger partial charge in [0.1, 0.15) is 5.82 Å². The smallest absolute Gasteiger partial charge is 0.126 e. The van der Waals surface area contributed by atoms with Gasteiger partial charge in [-0.2, -0.15) is 5.10 Å². The van der Waals surface area contributed by atoms with Crippen LogP contribution in [-0.2, 0) is 20.1 Å². The summed E-state index contributed by atoms with van der Waals surface area (Å²) in [6.07, 6.45) is 5.81. The Kier molecular flexibility index (Phi) is 4.52.